The van der Waals surface area contributed by atoms with Gasteiger partial charge in [0.15, 0.2) is 0 Å². The molecule has 0 radical (unpaired) electrons. The van der Waals surface area contributed by atoms with Gasteiger partial charge in [-0.1, -0.05) is 0 Å². The second kappa shape index (κ2) is 6.19. The third-order valence-corrected chi connectivity index (χ3v) is 4.93. The quantitative estimate of drug-likeness (QED) is 0.917. The number of hydrogen-bond donors (Lipinski definition) is 1. The molecule has 4 unspecified atom stereocenters. The summed E-state index contributed by atoms with van der Waals surface area (Å²) in [5.41, 5.74) is 0.211. The average Bonchev–Trinajstić information content (AvgIpc) is 2.67. The van der Waals surface area contributed by atoms with Gasteiger partial charge in [0.1, 0.15) is 17.8 Å². The Balaban J connectivity index is 2.31. The minimum atomic E-state index is -1.09. The molecule has 0 aliphatic carbocycles. The van der Waals surface area contributed by atoms with Crippen LogP contribution in [0.1, 0.15) is 25.6 Å². The van der Waals surface area contributed by atoms with Gasteiger partial charge in [0.25, 0.3) is 0 Å². The molecule has 116 valence electrons. The number of carbonyl (C=O) groups is 1. The molecule has 0 bridgehead atoms. The molecule has 0 saturated carbocycles. The standard InChI is InChI=1S/C14H18F2N2O2S/c1-8(21(3)20)7-18-13(17-9(2)14(18)19)11-5-4-10(15)6-12(11)16/h4-6,8-9,13,17H,7H2,1-3H3. The molecule has 21 heavy (non-hydrogen) atoms. The molecule has 1 amide bonds. The highest BCUT2D eigenvalue weighted by atomic mass is 32.2. The van der Waals surface area contributed by atoms with E-state index in [0.29, 0.717) is 0 Å². The smallest absolute Gasteiger partial charge is 0.241 e. The molecule has 4 nitrogen and oxygen atoms in total. The highest BCUT2D eigenvalue weighted by molar-refractivity contribution is 7.84. The average molecular weight is 316 g/mol. The van der Waals surface area contributed by atoms with Gasteiger partial charge in [-0.25, -0.2) is 8.78 Å². The third kappa shape index (κ3) is 3.29. The molecule has 4 atom stereocenters. The number of rotatable bonds is 4. The van der Waals surface area contributed by atoms with Crippen molar-refractivity contribution in [2.75, 3.05) is 12.8 Å². The summed E-state index contributed by atoms with van der Waals surface area (Å²) in [4.78, 5) is 13.7. The minimum Gasteiger partial charge on any atom is -0.320 e. The summed E-state index contributed by atoms with van der Waals surface area (Å²) in [5.74, 6) is -1.55. The molecule has 7 heteroatoms. The predicted molar refractivity (Wildman–Crippen MR) is 76.9 cm³/mol. The molecular formula is C14H18F2N2O2S. The van der Waals surface area contributed by atoms with Crippen LogP contribution >= 0.6 is 0 Å². The van der Waals surface area contributed by atoms with E-state index >= 15 is 0 Å². The topological polar surface area (TPSA) is 49.4 Å². The SMILES string of the molecule is CC1NC(c2ccc(F)cc2F)N(CC(C)S(C)=O)C1=O. The Morgan fingerprint density at radius 1 is 1.43 bits per heavy atom. The monoisotopic (exact) mass is 316 g/mol. The number of hydrogen-bond acceptors (Lipinski definition) is 3. The van der Waals surface area contributed by atoms with Crippen molar-refractivity contribution in [1.29, 1.82) is 0 Å². The molecule has 0 spiro atoms. The van der Waals surface area contributed by atoms with Crippen LogP contribution in [0.25, 0.3) is 0 Å². The summed E-state index contributed by atoms with van der Waals surface area (Å²) < 4.78 is 38.5. The zero-order chi connectivity index (χ0) is 15.7. The van der Waals surface area contributed by atoms with Gasteiger partial charge in [0, 0.05) is 40.5 Å². The molecule has 1 aromatic rings. The van der Waals surface area contributed by atoms with Gasteiger partial charge in [-0.05, 0) is 26.0 Å². The van der Waals surface area contributed by atoms with E-state index in [1.807, 2.05) is 0 Å². The van der Waals surface area contributed by atoms with E-state index in [0.717, 1.165) is 12.1 Å². The molecule has 1 aliphatic heterocycles. The van der Waals surface area contributed by atoms with Crippen molar-refractivity contribution in [3.05, 3.63) is 35.4 Å². The normalized spacial score (nSPS) is 25.2. The van der Waals surface area contributed by atoms with E-state index in [2.05, 4.69) is 5.32 Å². The van der Waals surface area contributed by atoms with Gasteiger partial charge in [0.2, 0.25) is 5.91 Å². The minimum absolute atomic E-state index is 0.180. The van der Waals surface area contributed by atoms with Crippen LogP contribution in [0, 0.1) is 11.6 Å². The van der Waals surface area contributed by atoms with Gasteiger partial charge in [0.05, 0.1) is 6.04 Å². The Morgan fingerprint density at radius 2 is 2.10 bits per heavy atom. The molecule has 1 aromatic carbocycles. The first-order valence-corrected chi connectivity index (χ1v) is 8.27. The van der Waals surface area contributed by atoms with Crippen LogP contribution < -0.4 is 5.32 Å². The number of halogens is 2. The molecule has 1 saturated heterocycles. The maximum atomic E-state index is 13.9. The van der Waals surface area contributed by atoms with Crippen LogP contribution in [0.15, 0.2) is 18.2 Å². The van der Waals surface area contributed by atoms with Crippen molar-refractivity contribution in [1.82, 2.24) is 10.2 Å². The lowest BCUT2D eigenvalue weighted by Crippen LogP contribution is -2.37. The van der Waals surface area contributed by atoms with Crippen molar-refractivity contribution in [3.8, 4) is 0 Å². The highest BCUT2D eigenvalue weighted by Crippen LogP contribution is 2.28. The Bertz CT molecular complexity index is 582. The molecule has 1 heterocycles. The van der Waals surface area contributed by atoms with Crippen molar-refractivity contribution in [2.45, 2.75) is 31.3 Å². The number of benzene rings is 1. The van der Waals surface area contributed by atoms with Gasteiger partial charge >= 0.3 is 0 Å². The van der Waals surface area contributed by atoms with E-state index in [-0.39, 0.29) is 23.3 Å². The fourth-order valence-electron chi connectivity index (χ4n) is 2.33. The second-order valence-corrected chi connectivity index (χ2v) is 7.06. The Morgan fingerprint density at radius 3 is 2.67 bits per heavy atom. The number of nitrogens with one attached hydrogen (secondary N) is 1. The summed E-state index contributed by atoms with van der Waals surface area (Å²) >= 11 is 0. The Hall–Kier alpha value is -1.34. The van der Waals surface area contributed by atoms with E-state index < -0.39 is 34.6 Å². The Kier molecular flexibility index (Phi) is 4.73. The highest BCUT2D eigenvalue weighted by Gasteiger charge is 2.39. The van der Waals surface area contributed by atoms with Crippen molar-refractivity contribution >= 4 is 16.7 Å². The fraction of sp³-hybridized carbons (Fsp3) is 0.500. The number of carbonyl (C=O) groups excluding carboxylic acids is 1. The molecule has 1 fully saturated rings. The third-order valence-electron chi connectivity index (χ3n) is 3.65. The van der Waals surface area contributed by atoms with E-state index in [9.17, 15) is 17.8 Å². The first kappa shape index (κ1) is 16.0. The predicted octanol–water partition coefficient (Wildman–Crippen LogP) is 1.55. The van der Waals surface area contributed by atoms with E-state index in [1.54, 1.807) is 20.1 Å². The van der Waals surface area contributed by atoms with Gasteiger partial charge in [-0.3, -0.25) is 14.3 Å². The summed E-state index contributed by atoms with van der Waals surface area (Å²) in [6.07, 6.45) is 0.898. The van der Waals surface area contributed by atoms with E-state index in [1.165, 1.54) is 11.0 Å². The summed E-state index contributed by atoms with van der Waals surface area (Å²) in [6.45, 7) is 3.70. The second-order valence-electron chi connectivity index (χ2n) is 5.26. The van der Waals surface area contributed by atoms with Crippen LogP contribution in [-0.4, -0.2) is 39.1 Å². The molecule has 0 aromatic heterocycles. The fourth-order valence-corrected chi connectivity index (χ4v) is 2.70. The summed E-state index contributed by atoms with van der Waals surface area (Å²) in [6, 6.07) is 2.82. The maximum absolute atomic E-state index is 13.9. The first-order chi connectivity index (χ1) is 9.81. The van der Waals surface area contributed by atoms with Crippen molar-refractivity contribution in [3.63, 3.8) is 0 Å². The molecule has 2 rings (SSSR count). The zero-order valence-corrected chi connectivity index (χ0v) is 12.9. The zero-order valence-electron chi connectivity index (χ0n) is 12.1. The van der Waals surface area contributed by atoms with Crippen LogP contribution in [0.2, 0.25) is 0 Å². The lowest BCUT2D eigenvalue weighted by Gasteiger charge is -2.27. The number of nitrogens with zero attached hydrogens (tertiary/aromatic N) is 1. The lowest BCUT2D eigenvalue weighted by atomic mass is 10.1. The molecule has 1 aliphatic rings. The van der Waals surface area contributed by atoms with Crippen molar-refractivity contribution < 1.29 is 17.8 Å². The van der Waals surface area contributed by atoms with Crippen LogP contribution in [0.5, 0.6) is 0 Å². The van der Waals surface area contributed by atoms with Crippen LogP contribution in [0.4, 0.5) is 8.78 Å². The summed E-state index contributed by atoms with van der Waals surface area (Å²) in [5, 5.41) is 2.76. The van der Waals surface area contributed by atoms with Gasteiger partial charge in [-0.2, -0.15) is 0 Å². The molecule has 1 N–H and O–H groups in total. The number of amides is 1. The first-order valence-electron chi connectivity index (χ1n) is 6.65. The van der Waals surface area contributed by atoms with Crippen molar-refractivity contribution in [2.24, 2.45) is 0 Å². The van der Waals surface area contributed by atoms with Gasteiger partial charge < -0.3 is 4.90 Å². The lowest BCUT2D eigenvalue weighted by molar-refractivity contribution is -0.129. The largest absolute Gasteiger partial charge is 0.320 e. The molecular weight excluding hydrogens is 298 g/mol. The summed E-state index contributed by atoms with van der Waals surface area (Å²) in [7, 11) is -1.09. The maximum Gasteiger partial charge on any atom is 0.241 e. The van der Waals surface area contributed by atoms with Gasteiger partial charge in [-0.15, -0.1) is 0 Å². The van der Waals surface area contributed by atoms with E-state index in [4.69, 9.17) is 0 Å². The van der Waals surface area contributed by atoms with Crippen LogP contribution in [-0.2, 0) is 15.6 Å². The Labute approximate surface area is 125 Å². The van der Waals surface area contributed by atoms with Crippen LogP contribution in [0.3, 0.4) is 0 Å².